The highest BCUT2D eigenvalue weighted by atomic mass is 16.5. The molecule has 4 N–H and O–H groups in total. The van der Waals surface area contributed by atoms with Gasteiger partial charge in [0.1, 0.15) is 11.5 Å². The van der Waals surface area contributed by atoms with Crippen molar-refractivity contribution in [1.82, 2.24) is 15.1 Å². The van der Waals surface area contributed by atoms with E-state index in [0.29, 0.717) is 41.6 Å². The van der Waals surface area contributed by atoms with Gasteiger partial charge in [0.05, 0.1) is 37.5 Å². The first-order chi connectivity index (χ1) is 23.6. The molecule has 4 rings (SSSR count). The number of amides is 5. The molecular weight excluding hydrogens is 626 g/mol. The van der Waals surface area contributed by atoms with E-state index in [9.17, 15) is 19.5 Å². The number of aliphatic hydroxyl groups is 1. The molecule has 1 fully saturated rings. The Labute approximate surface area is 290 Å². The number of aliphatic hydroxyl groups excluding tert-OH is 1. The molecule has 0 bridgehead atoms. The summed E-state index contributed by atoms with van der Waals surface area (Å²) < 4.78 is 17.9. The number of methoxy groups -OCH3 is 1. The van der Waals surface area contributed by atoms with Crippen LogP contribution in [-0.4, -0.2) is 97.6 Å². The monoisotopic (exact) mass is 681 g/mol. The van der Waals surface area contributed by atoms with Crippen molar-refractivity contribution in [2.24, 2.45) is 5.92 Å². The van der Waals surface area contributed by atoms with Gasteiger partial charge in [0.15, 0.2) is 0 Å². The van der Waals surface area contributed by atoms with Crippen LogP contribution in [0.25, 0.3) is 0 Å². The van der Waals surface area contributed by atoms with E-state index in [1.54, 1.807) is 73.3 Å². The fourth-order valence-electron chi connectivity index (χ4n) is 6.31. The number of fused-ring (bicyclic) bond motifs is 1. The minimum absolute atomic E-state index is 0.141. The van der Waals surface area contributed by atoms with Gasteiger partial charge in [-0.15, -0.1) is 0 Å². The van der Waals surface area contributed by atoms with E-state index in [4.69, 9.17) is 14.2 Å². The first kappa shape index (κ1) is 37.8. The zero-order valence-corrected chi connectivity index (χ0v) is 29.7. The van der Waals surface area contributed by atoms with Gasteiger partial charge in [-0.05, 0) is 88.4 Å². The minimum Gasteiger partial charge on any atom is -0.497 e. The largest absolute Gasteiger partial charge is 0.497 e. The lowest BCUT2D eigenvalue weighted by Gasteiger charge is -2.35. The lowest BCUT2D eigenvalue weighted by atomic mass is 9.96. The number of carbonyl (C=O) groups is 3. The lowest BCUT2D eigenvalue weighted by Crippen LogP contribution is -2.48. The molecule has 1 aliphatic heterocycles. The number of nitrogens with zero attached hydrogens (tertiary/aromatic N) is 2. The first-order valence-corrected chi connectivity index (χ1v) is 17.7. The summed E-state index contributed by atoms with van der Waals surface area (Å²) in [7, 11) is 3.30. The van der Waals surface area contributed by atoms with Gasteiger partial charge in [-0.3, -0.25) is 4.79 Å². The quantitative estimate of drug-likeness (QED) is 0.264. The van der Waals surface area contributed by atoms with E-state index >= 15 is 0 Å². The fraction of sp³-hybridized carbons (Fsp3) is 0.595. The highest BCUT2D eigenvalue weighted by Gasteiger charge is 2.31. The van der Waals surface area contributed by atoms with Crippen molar-refractivity contribution in [3.63, 3.8) is 0 Å². The van der Waals surface area contributed by atoms with Gasteiger partial charge in [0.2, 0.25) is 0 Å². The van der Waals surface area contributed by atoms with Crippen molar-refractivity contribution < 1.29 is 33.7 Å². The Morgan fingerprint density at radius 3 is 2.39 bits per heavy atom. The maximum atomic E-state index is 14.4. The standard InChI is InChI=1S/C37H55N5O7/c1-25-22-42(26(2)24-43)35(44)32-21-30(39-36(45)38-28-12-7-6-8-13-28)16-19-33(32)49-27(3)11-9-10-20-48-34(25)23-41(4)37(46)40-29-14-17-31(47-5)18-15-29/h14-19,21,25-28,34,43H,6-13,20,22-24H2,1-5H3,(H,40,46)(H2,38,39,45)/t25-,26+,27-,34+/m0/s1. The van der Waals surface area contributed by atoms with Crippen LogP contribution in [-0.2, 0) is 4.74 Å². The molecule has 0 radical (unpaired) electrons. The predicted octanol–water partition coefficient (Wildman–Crippen LogP) is 6.11. The molecule has 49 heavy (non-hydrogen) atoms. The summed E-state index contributed by atoms with van der Waals surface area (Å²) in [6.07, 6.45) is 7.17. The summed E-state index contributed by atoms with van der Waals surface area (Å²) in [5.41, 5.74) is 1.43. The molecule has 0 saturated heterocycles. The maximum Gasteiger partial charge on any atom is 0.321 e. The van der Waals surface area contributed by atoms with Crippen LogP contribution in [0.15, 0.2) is 42.5 Å². The molecule has 0 aromatic heterocycles. The van der Waals surface area contributed by atoms with E-state index in [1.165, 1.54) is 6.42 Å². The average Bonchev–Trinajstić information content (AvgIpc) is 3.10. The Morgan fingerprint density at radius 1 is 1.00 bits per heavy atom. The SMILES string of the molecule is COc1ccc(NC(=O)N(C)C[C@H]2OCCCC[C@H](C)Oc3ccc(NC(=O)NC4CCCCC4)cc3C(=O)N([C@H](C)CO)C[C@@H]2C)cc1. The number of urea groups is 2. The van der Waals surface area contributed by atoms with Crippen LogP contribution in [0.4, 0.5) is 21.0 Å². The van der Waals surface area contributed by atoms with Crippen molar-refractivity contribution in [2.75, 3.05) is 51.1 Å². The van der Waals surface area contributed by atoms with E-state index in [0.717, 1.165) is 44.9 Å². The molecule has 12 heteroatoms. The van der Waals surface area contributed by atoms with Gasteiger partial charge in [-0.25, -0.2) is 9.59 Å². The van der Waals surface area contributed by atoms with Crippen LogP contribution in [0.5, 0.6) is 11.5 Å². The molecule has 2 aromatic carbocycles. The van der Waals surface area contributed by atoms with Crippen molar-refractivity contribution in [1.29, 1.82) is 0 Å². The minimum atomic E-state index is -0.518. The van der Waals surface area contributed by atoms with Crippen molar-refractivity contribution >= 4 is 29.3 Å². The number of carbonyl (C=O) groups excluding carboxylic acids is 3. The number of hydrogen-bond acceptors (Lipinski definition) is 7. The van der Waals surface area contributed by atoms with Crippen molar-refractivity contribution in [3.8, 4) is 11.5 Å². The van der Waals surface area contributed by atoms with Crippen LogP contribution in [0.2, 0.25) is 0 Å². The highest BCUT2D eigenvalue weighted by molar-refractivity contribution is 5.99. The second-order valence-corrected chi connectivity index (χ2v) is 13.5. The summed E-state index contributed by atoms with van der Waals surface area (Å²) in [5.74, 6) is 0.593. The Balaban J connectivity index is 1.54. The van der Waals surface area contributed by atoms with Gasteiger partial charge in [-0.1, -0.05) is 26.2 Å². The number of benzene rings is 2. The van der Waals surface area contributed by atoms with Crippen LogP contribution in [0.1, 0.15) is 82.5 Å². The number of ether oxygens (including phenoxy) is 3. The third-order valence-electron chi connectivity index (χ3n) is 9.39. The zero-order valence-electron chi connectivity index (χ0n) is 29.7. The zero-order chi connectivity index (χ0) is 35.3. The molecule has 0 spiro atoms. The number of hydrogen-bond donors (Lipinski definition) is 4. The van der Waals surface area contributed by atoms with Crippen molar-refractivity contribution in [2.45, 2.75) is 96.4 Å². The summed E-state index contributed by atoms with van der Waals surface area (Å²) in [6.45, 7) is 6.55. The Bertz CT molecular complexity index is 1370. The van der Waals surface area contributed by atoms with E-state index in [1.807, 2.05) is 13.8 Å². The molecular formula is C37H55N5O7. The Hall–Kier alpha value is -4.03. The van der Waals surface area contributed by atoms with Crippen LogP contribution in [0.3, 0.4) is 0 Å². The topological polar surface area (TPSA) is 142 Å². The summed E-state index contributed by atoms with van der Waals surface area (Å²) in [6, 6.07) is 11.3. The number of likely N-dealkylation sites (N-methyl/N-ethyl adjacent to an activating group) is 1. The Kier molecular flexibility index (Phi) is 14.4. The van der Waals surface area contributed by atoms with Gasteiger partial charge < -0.3 is 45.1 Å². The van der Waals surface area contributed by atoms with Gasteiger partial charge in [-0.2, -0.15) is 0 Å². The van der Waals surface area contributed by atoms with Gasteiger partial charge in [0.25, 0.3) is 5.91 Å². The summed E-state index contributed by atoms with van der Waals surface area (Å²) >= 11 is 0. The van der Waals surface area contributed by atoms with Crippen LogP contribution >= 0.6 is 0 Å². The molecule has 1 saturated carbocycles. The van der Waals surface area contributed by atoms with E-state index in [2.05, 4.69) is 16.0 Å². The predicted molar refractivity (Wildman–Crippen MR) is 191 cm³/mol. The number of nitrogens with one attached hydrogen (secondary N) is 3. The molecule has 2 aliphatic rings. The average molecular weight is 682 g/mol. The normalized spacial score (nSPS) is 21.7. The highest BCUT2D eigenvalue weighted by Crippen LogP contribution is 2.29. The first-order valence-electron chi connectivity index (χ1n) is 17.7. The number of anilines is 2. The lowest BCUT2D eigenvalue weighted by molar-refractivity contribution is -0.0115. The molecule has 1 heterocycles. The molecule has 1 aliphatic carbocycles. The smallest absolute Gasteiger partial charge is 0.321 e. The van der Waals surface area contributed by atoms with Crippen LogP contribution in [0, 0.1) is 5.92 Å². The van der Waals surface area contributed by atoms with Gasteiger partial charge >= 0.3 is 12.1 Å². The molecule has 12 nitrogen and oxygen atoms in total. The van der Waals surface area contributed by atoms with Crippen LogP contribution < -0.4 is 25.4 Å². The third-order valence-corrected chi connectivity index (χ3v) is 9.39. The molecule has 270 valence electrons. The van der Waals surface area contributed by atoms with E-state index in [-0.39, 0.29) is 55.3 Å². The summed E-state index contributed by atoms with van der Waals surface area (Å²) in [5, 5.41) is 19.1. The second-order valence-electron chi connectivity index (χ2n) is 13.5. The maximum absolute atomic E-state index is 14.4. The molecule has 4 atom stereocenters. The van der Waals surface area contributed by atoms with E-state index < -0.39 is 6.04 Å². The van der Waals surface area contributed by atoms with Gasteiger partial charge in [0, 0.05) is 50.1 Å². The summed E-state index contributed by atoms with van der Waals surface area (Å²) in [4.78, 5) is 43.6. The molecule has 5 amide bonds. The fourth-order valence-corrected chi connectivity index (χ4v) is 6.31. The van der Waals surface area contributed by atoms with Crippen molar-refractivity contribution in [3.05, 3.63) is 48.0 Å². The molecule has 2 aromatic rings. The Morgan fingerprint density at radius 2 is 1.69 bits per heavy atom. The second kappa shape index (κ2) is 18.7. The number of rotatable bonds is 8. The third kappa shape index (κ3) is 11.3. The molecule has 0 unspecified atom stereocenters.